The number of rotatable bonds is 8. The number of halogens is 1. The molecule has 30 heavy (non-hydrogen) atoms. The number of benzene rings is 2. The summed E-state index contributed by atoms with van der Waals surface area (Å²) in [6, 6.07) is 16.9. The molecule has 6 nitrogen and oxygen atoms in total. The smallest absolute Gasteiger partial charge is 0.254 e. The lowest BCUT2D eigenvalue weighted by atomic mass is 10.1. The highest BCUT2D eigenvalue weighted by Gasteiger charge is 2.21. The van der Waals surface area contributed by atoms with Crippen LogP contribution in [0.5, 0.6) is 0 Å². The number of carbonyl (C=O) groups is 2. The summed E-state index contributed by atoms with van der Waals surface area (Å²) in [5.41, 5.74) is 1.56. The van der Waals surface area contributed by atoms with Crippen LogP contribution in [0, 0.1) is 0 Å². The van der Waals surface area contributed by atoms with Crippen molar-refractivity contribution in [3.8, 4) is 10.6 Å². The van der Waals surface area contributed by atoms with Gasteiger partial charge in [-0.25, -0.2) is 0 Å². The maximum absolute atomic E-state index is 12.9. The van der Waals surface area contributed by atoms with Gasteiger partial charge in [-0.05, 0) is 37.6 Å². The van der Waals surface area contributed by atoms with Gasteiger partial charge in [0.15, 0.2) is 0 Å². The van der Waals surface area contributed by atoms with Crippen molar-refractivity contribution in [1.29, 1.82) is 0 Å². The standard InChI is InChI=1S/C22H23BrN4O2S/c1-3-15(2)27(21(29)17-7-5-4-6-8-17)14-13-19(28)24-22-26-25-20(30-22)16-9-11-18(23)12-10-16/h4-12,15H,3,13-14H2,1-2H3,(H,24,26,28). The molecular weight excluding hydrogens is 464 g/mol. The van der Waals surface area contributed by atoms with Crippen molar-refractivity contribution in [3.63, 3.8) is 0 Å². The molecule has 3 aromatic rings. The fourth-order valence-corrected chi connectivity index (χ4v) is 3.91. The quantitative estimate of drug-likeness (QED) is 0.472. The van der Waals surface area contributed by atoms with Crippen LogP contribution in [-0.2, 0) is 4.79 Å². The topological polar surface area (TPSA) is 75.2 Å². The first kappa shape index (κ1) is 22.1. The van der Waals surface area contributed by atoms with Gasteiger partial charge in [-0.2, -0.15) is 0 Å². The Morgan fingerprint density at radius 1 is 1.10 bits per heavy atom. The van der Waals surface area contributed by atoms with Gasteiger partial charge < -0.3 is 10.2 Å². The third kappa shape index (κ3) is 5.73. The van der Waals surface area contributed by atoms with Crippen LogP contribution in [0.2, 0.25) is 0 Å². The monoisotopic (exact) mass is 486 g/mol. The number of amides is 2. The van der Waals surface area contributed by atoms with Crippen LogP contribution in [0.15, 0.2) is 59.1 Å². The van der Waals surface area contributed by atoms with Gasteiger partial charge in [-0.1, -0.05) is 64.5 Å². The SMILES string of the molecule is CCC(C)N(CCC(=O)Nc1nnc(-c2ccc(Br)cc2)s1)C(=O)c1ccccc1. The molecule has 8 heteroatoms. The second-order valence-corrected chi connectivity index (χ2v) is 8.73. The Morgan fingerprint density at radius 2 is 1.80 bits per heavy atom. The van der Waals surface area contributed by atoms with Crippen molar-refractivity contribution >= 4 is 44.2 Å². The lowest BCUT2D eigenvalue weighted by molar-refractivity contribution is -0.116. The number of aromatic nitrogens is 2. The van der Waals surface area contributed by atoms with Gasteiger partial charge in [0.25, 0.3) is 5.91 Å². The predicted octanol–water partition coefficient (Wildman–Crippen LogP) is 5.24. The minimum Gasteiger partial charge on any atom is -0.335 e. The summed E-state index contributed by atoms with van der Waals surface area (Å²) in [7, 11) is 0. The molecule has 1 heterocycles. The van der Waals surface area contributed by atoms with Crippen molar-refractivity contribution in [2.45, 2.75) is 32.7 Å². The van der Waals surface area contributed by atoms with Gasteiger partial charge in [0.1, 0.15) is 5.01 Å². The highest BCUT2D eigenvalue weighted by molar-refractivity contribution is 9.10. The Kier molecular flexibility index (Phi) is 7.70. The molecule has 0 saturated carbocycles. The molecule has 0 radical (unpaired) electrons. The number of hydrogen-bond donors (Lipinski definition) is 1. The number of hydrogen-bond acceptors (Lipinski definition) is 5. The summed E-state index contributed by atoms with van der Waals surface area (Å²) < 4.78 is 0.986. The highest BCUT2D eigenvalue weighted by Crippen LogP contribution is 2.27. The molecule has 1 unspecified atom stereocenters. The minimum absolute atomic E-state index is 0.0380. The van der Waals surface area contributed by atoms with Crippen LogP contribution < -0.4 is 5.32 Å². The zero-order valence-electron chi connectivity index (χ0n) is 16.8. The number of anilines is 1. The summed E-state index contributed by atoms with van der Waals surface area (Å²) in [5, 5.41) is 12.2. The van der Waals surface area contributed by atoms with E-state index in [0.29, 0.717) is 17.2 Å². The Hall–Kier alpha value is -2.58. The van der Waals surface area contributed by atoms with Crippen molar-refractivity contribution < 1.29 is 9.59 Å². The van der Waals surface area contributed by atoms with Crippen molar-refractivity contribution in [3.05, 3.63) is 64.6 Å². The molecule has 1 atom stereocenters. The summed E-state index contributed by atoms with van der Waals surface area (Å²) in [5.74, 6) is -0.256. The molecule has 1 N–H and O–H groups in total. The maximum atomic E-state index is 12.9. The second-order valence-electron chi connectivity index (χ2n) is 6.84. The van der Waals surface area contributed by atoms with E-state index in [-0.39, 0.29) is 24.3 Å². The van der Waals surface area contributed by atoms with E-state index >= 15 is 0 Å². The van der Waals surface area contributed by atoms with Gasteiger partial charge in [0.05, 0.1) is 0 Å². The van der Waals surface area contributed by atoms with E-state index < -0.39 is 0 Å². The van der Waals surface area contributed by atoms with E-state index in [1.165, 1.54) is 11.3 Å². The number of nitrogens with zero attached hydrogens (tertiary/aromatic N) is 3. The van der Waals surface area contributed by atoms with Crippen LogP contribution in [-0.4, -0.2) is 39.5 Å². The number of carbonyl (C=O) groups excluding carboxylic acids is 2. The minimum atomic E-state index is -0.192. The zero-order valence-corrected chi connectivity index (χ0v) is 19.2. The van der Waals surface area contributed by atoms with E-state index in [0.717, 1.165) is 21.5 Å². The lowest BCUT2D eigenvalue weighted by Gasteiger charge is -2.28. The Morgan fingerprint density at radius 3 is 2.47 bits per heavy atom. The highest BCUT2D eigenvalue weighted by atomic mass is 79.9. The Bertz CT molecular complexity index is 992. The van der Waals surface area contributed by atoms with Crippen LogP contribution in [0.4, 0.5) is 5.13 Å². The molecule has 0 aliphatic rings. The van der Waals surface area contributed by atoms with E-state index in [1.54, 1.807) is 17.0 Å². The van der Waals surface area contributed by atoms with E-state index in [9.17, 15) is 9.59 Å². The molecular formula is C22H23BrN4O2S. The van der Waals surface area contributed by atoms with Gasteiger partial charge in [-0.15, -0.1) is 10.2 Å². The average molecular weight is 487 g/mol. The van der Waals surface area contributed by atoms with E-state index in [1.807, 2.05) is 56.3 Å². The van der Waals surface area contributed by atoms with E-state index in [2.05, 4.69) is 31.4 Å². The molecule has 1 aromatic heterocycles. The van der Waals surface area contributed by atoms with Gasteiger partial charge in [0.2, 0.25) is 11.0 Å². The molecule has 0 aliphatic heterocycles. The van der Waals surface area contributed by atoms with Crippen LogP contribution in [0.25, 0.3) is 10.6 Å². The summed E-state index contributed by atoms with van der Waals surface area (Å²) in [6.45, 7) is 4.36. The average Bonchev–Trinajstić information content (AvgIpc) is 3.22. The predicted molar refractivity (Wildman–Crippen MR) is 124 cm³/mol. The molecule has 0 fully saturated rings. The van der Waals surface area contributed by atoms with Crippen molar-refractivity contribution in [1.82, 2.24) is 15.1 Å². The summed E-state index contributed by atoms with van der Waals surface area (Å²) in [4.78, 5) is 27.1. The lowest BCUT2D eigenvalue weighted by Crippen LogP contribution is -2.40. The van der Waals surface area contributed by atoms with Crippen LogP contribution >= 0.6 is 27.3 Å². The second kappa shape index (κ2) is 10.4. The molecule has 156 valence electrons. The van der Waals surface area contributed by atoms with E-state index in [4.69, 9.17) is 0 Å². The first-order valence-electron chi connectivity index (χ1n) is 9.73. The first-order chi connectivity index (χ1) is 14.5. The largest absolute Gasteiger partial charge is 0.335 e. The summed E-state index contributed by atoms with van der Waals surface area (Å²) in [6.07, 6.45) is 1.00. The van der Waals surface area contributed by atoms with Gasteiger partial charge in [0, 0.05) is 34.6 Å². The molecule has 0 bridgehead atoms. The summed E-state index contributed by atoms with van der Waals surface area (Å²) >= 11 is 4.73. The molecule has 2 aromatic carbocycles. The fourth-order valence-electron chi connectivity index (χ4n) is 2.88. The third-order valence-electron chi connectivity index (χ3n) is 4.75. The Balaban J connectivity index is 1.60. The molecule has 2 amide bonds. The maximum Gasteiger partial charge on any atom is 0.254 e. The van der Waals surface area contributed by atoms with Crippen molar-refractivity contribution in [2.75, 3.05) is 11.9 Å². The van der Waals surface area contributed by atoms with Crippen molar-refractivity contribution in [2.24, 2.45) is 0 Å². The molecule has 0 saturated heterocycles. The van der Waals surface area contributed by atoms with Gasteiger partial charge in [-0.3, -0.25) is 9.59 Å². The van der Waals surface area contributed by atoms with Crippen LogP contribution in [0.3, 0.4) is 0 Å². The fraction of sp³-hybridized carbons (Fsp3) is 0.273. The normalized spacial score (nSPS) is 11.7. The first-order valence-corrected chi connectivity index (χ1v) is 11.3. The Labute approximate surface area is 188 Å². The van der Waals surface area contributed by atoms with Gasteiger partial charge >= 0.3 is 0 Å². The molecule has 0 spiro atoms. The zero-order chi connectivity index (χ0) is 21.5. The molecule has 3 rings (SSSR count). The molecule has 0 aliphatic carbocycles. The van der Waals surface area contributed by atoms with Crippen LogP contribution in [0.1, 0.15) is 37.0 Å². The number of nitrogens with one attached hydrogen (secondary N) is 1. The third-order valence-corrected chi connectivity index (χ3v) is 6.16.